The summed E-state index contributed by atoms with van der Waals surface area (Å²) >= 11 is 10.6. The van der Waals surface area contributed by atoms with E-state index in [1.807, 2.05) is 72.8 Å². The largest absolute Gasteiger partial charge is 0.457 e. The highest BCUT2D eigenvalue weighted by molar-refractivity contribution is 7.80. The lowest BCUT2D eigenvalue weighted by Crippen LogP contribution is -2.28. The van der Waals surface area contributed by atoms with Crippen molar-refractivity contribution in [3.05, 3.63) is 120 Å². The van der Waals surface area contributed by atoms with E-state index in [1.165, 1.54) is 11.1 Å². The van der Waals surface area contributed by atoms with E-state index in [9.17, 15) is 9.59 Å². The molecular formula is C38H34N2O3S2. The smallest absolute Gasteiger partial charge is 0.232 e. The van der Waals surface area contributed by atoms with Crippen LogP contribution in [0.3, 0.4) is 0 Å². The summed E-state index contributed by atoms with van der Waals surface area (Å²) < 4.78 is 5.74. The Balaban J connectivity index is 0.000000246. The molecule has 0 saturated carbocycles. The van der Waals surface area contributed by atoms with Crippen LogP contribution in [0, 0.1) is 24.7 Å². The molecule has 4 aromatic rings. The minimum atomic E-state index is -0.179. The molecule has 0 fully saturated rings. The van der Waals surface area contributed by atoms with Crippen LogP contribution in [0.2, 0.25) is 0 Å². The number of rotatable bonds is 13. The Morgan fingerprint density at radius 2 is 0.978 bits per heavy atom. The fourth-order valence-corrected chi connectivity index (χ4v) is 4.51. The first kappa shape index (κ1) is 34.4. The molecule has 4 rings (SSSR count). The molecule has 0 aliphatic heterocycles. The molecule has 0 saturated heterocycles. The van der Waals surface area contributed by atoms with Gasteiger partial charge < -0.3 is 15.4 Å². The number of carbonyl (C=O) groups excluding carboxylic acids is 2. The van der Waals surface area contributed by atoms with E-state index >= 15 is 0 Å². The Hall–Kier alpha value is -5.08. The zero-order valence-electron chi connectivity index (χ0n) is 24.8. The van der Waals surface area contributed by atoms with Crippen LogP contribution >= 0.6 is 24.4 Å². The predicted molar refractivity (Wildman–Crippen MR) is 190 cm³/mol. The lowest BCUT2D eigenvalue weighted by molar-refractivity contribution is -0.120. The van der Waals surface area contributed by atoms with Crippen LogP contribution in [-0.2, 0) is 22.4 Å². The van der Waals surface area contributed by atoms with Crippen molar-refractivity contribution in [3.63, 3.8) is 0 Å². The summed E-state index contributed by atoms with van der Waals surface area (Å²) in [5, 5.41) is 5.42. The molecule has 0 aliphatic rings. The molecule has 5 nitrogen and oxygen atoms in total. The van der Waals surface area contributed by atoms with Crippen LogP contribution in [0.25, 0.3) is 11.1 Å². The number of hydrogen-bond acceptors (Lipinski definition) is 5. The number of carbonyl (C=O) groups is 2. The summed E-state index contributed by atoms with van der Waals surface area (Å²) in [6.45, 7) is 0.744. The third kappa shape index (κ3) is 13.4. The Kier molecular flexibility index (Phi) is 14.7. The van der Waals surface area contributed by atoms with Crippen molar-refractivity contribution >= 4 is 46.0 Å². The van der Waals surface area contributed by atoms with Gasteiger partial charge in [0.25, 0.3) is 0 Å². The van der Waals surface area contributed by atoms with E-state index in [2.05, 4.69) is 58.9 Å². The van der Waals surface area contributed by atoms with Crippen molar-refractivity contribution in [2.24, 2.45) is 0 Å². The fraction of sp³-hybridized carbons (Fsp3) is 0.158. The van der Waals surface area contributed by atoms with Crippen LogP contribution in [0.4, 0.5) is 0 Å². The van der Waals surface area contributed by atoms with Crippen LogP contribution in [0.15, 0.2) is 109 Å². The van der Waals surface area contributed by atoms with Gasteiger partial charge in [-0.3, -0.25) is 9.59 Å². The van der Waals surface area contributed by atoms with Gasteiger partial charge in [0, 0.05) is 35.7 Å². The molecule has 7 heteroatoms. The molecule has 0 heterocycles. The maximum atomic E-state index is 11.3. The SMILES string of the molecule is C#CCC(=O)NCC(=S)Cc1ccc(-c2ccccc2)cc1.C#CCC(=O)NCC(=S)Cc1ccc(Oc2ccccc2)cc1. The highest BCUT2D eigenvalue weighted by Gasteiger charge is 2.05. The highest BCUT2D eigenvalue weighted by atomic mass is 32.1. The summed E-state index contributed by atoms with van der Waals surface area (Å²) in [4.78, 5) is 24.1. The monoisotopic (exact) mass is 630 g/mol. The van der Waals surface area contributed by atoms with Gasteiger partial charge in [-0.1, -0.05) is 121 Å². The first-order valence-electron chi connectivity index (χ1n) is 14.3. The number of hydrogen-bond donors (Lipinski definition) is 2. The first-order chi connectivity index (χ1) is 21.9. The molecule has 0 aromatic heterocycles. The van der Waals surface area contributed by atoms with E-state index in [0.717, 1.165) is 32.4 Å². The molecule has 0 aliphatic carbocycles. The average Bonchev–Trinajstić information content (AvgIpc) is 3.06. The second-order valence-electron chi connectivity index (χ2n) is 9.87. The van der Waals surface area contributed by atoms with Gasteiger partial charge in [0.1, 0.15) is 11.5 Å². The zero-order chi connectivity index (χ0) is 32.3. The summed E-state index contributed by atoms with van der Waals surface area (Å²) in [7, 11) is 0. The molecular weight excluding hydrogens is 597 g/mol. The third-order valence-electron chi connectivity index (χ3n) is 6.26. The molecule has 0 radical (unpaired) electrons. The molecule has 226 valence electrons. The molecule has 0 bridgehead atoms. The summed E-state index contributed by atoms with van der Waals surface area (Å²) in [5.74, 6) is 5.83. The van der Waals surface area contributed by atoms with Crippen molar-refractivity contribution in [1.29, 1.82) is 0 Å². The zero-order valence-corrected chi connectivity index (χ0v) is 26.5. The fourth-order valence-electron chi connectivity index (χ4n) is 4.03. The lowest BCUT2D eigenvalue weighted by Gasteiger charge is -2.08. The second kappa shape index (κ2) is 19.2. The summed E-state index contributed by atoms with van der Waals surface area (Å²) in [6, 6.07) is 35.9. The van der Waals surface area contributed by atoms with Gasteiger partial charge in [0.05, 0.1) is 12.8 Å². The number of para-hydroxylation sites is 1. The van der Waals surface area contributed by atoms with Gasteiger partial charge in [0.15, 0.2) is 0 Å². The van der Waals surface area contributed by atoms with E-state index in [-0.39, 0.29) is 24.7 Å². The molecule has 0 spiro atoms. The molecule has 2 amide bonds. The molecule has 0 atom stereocenters. The van der Waals surface area contributed by atoms with Crippen LogP contribution < -0.4 is 15.4 Å². The topological polar surface area (TPSA) is 67.4 Å². The maximum Gasteiger partial charge on any atom is 0.232 e. The maximum absolute atomic E-state index is 11.3. The van der Waals surface area contributed by atoms with Gasteiger partial charge >= 0.3 is 0 Å². The Labute approximate surface area is 276 Å². The highest BCUT2D eigenvalue weighted by Crippen LogP contribution is 2.22. The number of ether oxygens (including phenoxy) is 1. The Morgan fingerprint density at radius 1 is 0.578 bits per heavy atom. The Bertz CT molecular complexity index is 1640. The van der Waals surface area contributed by atoms with E-state index < -0.39 is 0 Å². The number of thiocarbonyl (C=S) groups is 2. The standard InChI is InChI=1S/C19H17NO2S.C19H17NOS/c1-2-6-19(21)20-14-18(23)13-15-9-11-17(12-10-15)22-16-7-4-3-5-8-16;1-2-6-19(21)20-14-18(22)13-15-9-11-17(12-10-15)16-7-4-3-5-8-16/h1,3-5,7-12H,6,13-14H2,(H,20,21);1,3-5,7-12H,6,13-14H2,(H,20,21). The second-order valence-corrected chi connectivity index (χ2v) is 11.0. The number of benzene rings is 4. The van der Waals surface area contributed by atoms with E-state index in [4.69, 9.17) is 42.0 Å². The molecule has 4 aromatic carbocycles. The van der Waals surface area contributed by atoms with Crippen molar-refractivity contribution in [2.75, 3.05) is 13.1 Å². The summed E-state index contributed by atoms with van der Waals surface area (Å²) in [6.07, 6.45) is 11.6. The summed E-state index contributed by atoms with van der Waals surface area (Å²) in [5.41, 5.74) is 4.58. The van der Waals surface area contributed by atoms with Gasteiger partial charge in [-0.2, -0.15) is 0 Å². The van der Waals surface area contributed by atoms with Gasteiger partial charge in [0.2, 0.25) is 11.8 Å². The average molecular weight is 631 g/mol. The predicted octanol–water partition coefficient (Wildman–Crippen LogP) is 6.94. The minimum Gasteiger partial charge on any atom is -0.457 e. The number of amides is 2. The lowest BCUT2D eigenvalue weighted by atomic mass is 10.0. The van der Waals surface area contributed by atoms with Crippen molar-refractivity contribution in [2.45, 2.75) is 25.7 Å². The van der Waals surface area contributed by atoms with E-state index in [0.29, 0.717) is 25.9 Å². The third-order valence-corrected chi connectivity index (χ3v) is 6.83. The normalized spacial score (nSPS) is 9.73. The van der Waals surface area contributed by atoms with Gasteiger partial charge in [-0.15, -0.1) is 12.8 Å². The van der Waals surface area contributed by atoms with Gasteiger partial charge in [-0.05, 0) is 46.5 Å². The molecule has 2 N–H and O–H groups in total. The number of terminal acetylenes is 2. The quantitative estimate of drug-likeness (QED) is 0.124. The van der Waals surface area contributed by atoms with Gasteiger partial charge in [-0.25, -0.2) is 0 Å². The number of nitrogens with one attached hydrogen (secondary N) is 2. The minimum absolute atomic E-state index is 0.0775. The van der Waals surface area contributed by atoms with Crippen molar-refractivity contribution in [3.8, 4) is 47.3 Å². The van der Waals surface area contributed by atoms with E-state index in [1.54, 1.807) is 0 Å². The van der Waals surface area contributed by atoms with Crippen molar-refractivity contribution < 1.29 is 14.3 Å². The van der Waals surface area contributed by atoms with Crippen molar-refractivity contribution in [1.82, 2.24) is 10.6 Å². The first-order valence-corrected chi connectivity index (χ1v) is 15.1. The van der Waals surface area contributed by atoms with Crippen LogP contribution in [-0.4, -0.2) is 34.6 Å². The Morgan fingerprint density at radius 3 is 1.44 bits per heavy atom. The molecule has 45 heavy (non-hydrogen) atoms. The van der Waals surface area contributed by atoms with Crippen LogP contribution in [0.5, 0.6) is 11.5 Å². The molecule has 0 unspecified atom stereocenters. The van der Waals surface area contributed by atoms with Crippen LogP contribution in [0.1, 0.15) is 24.0 Å².